The van der Waals surface area contributed by atoms with Crippen molar-refractivity contribution in [2.45, 2.75) is 51.9 Å². The van der Waals surface area contributed by atoms with Gasteiger partial charge in [0.1, 0.15) is 39.4 Å². The van der Waals surface area contributed by atoms with Crippen LogP contribution in [0.3, 0.4) is 0 Å². The molecule has 3 heterocycles. The molecule has 252 valence electrons. The third kappa shape index (κ3) is 4.72. The van der Waals surface area contributed by atoms with E-state index < -0.39 is 57.4 Å². The van der Waals surface area contributed by atoms with Crippen LogP contribution in [0.25, 0.3) is 43.9 Å². The number of aliphatic hydroxyl groups is 1. The summed E-state index contributed by atoms with van der Waals surface area (Å²) >= 11 is 0. The van der Waals surface area contributed by atoms with Crippen molar-refractivity contribution in [1.82, 2.24) is 0 Å². The molecule has 0 radical (unpaired) electrons. The molecule has 7 N–H and O–H groups in total. The largest absolute Gasteiger partial charge is 0.507 e. The molecule has 1 aliphatic rings. The van der Waals surface area contributed by atoms with E-state index >= 15 is 0 Å². The maximum atomic E-state index is 13.6. The van der Waals surface area contributed by atoms with Gasteiger partial charge in [0.15, 0.2) is 40.5 Å². The quantitative estimate of drug-likeness (QED) is 0.0675. The van der Waals surface area contributed by atoms with Gasteiger partial charge in [-0.3, -0.25) is 9.59 Å². The average Bonchev–Trinajstić information content (AvgIpc) is 3.39. The first-order valence-electron chi connectivity index (χ1n) is 15.1. The Labute approximate surface area is 275 Å². The number of phenolic OH excluding ortho intramolecular Hbond substituents is 6. The topological polar surface area (TPSA) is 220 Å². The van der Waals surface area contributed by atoms with E-state index in [1.807, 2.05) is 13.8 Å². The van der Waals surface area contributed by atoms with Gasteiger partial charge in [-0.1, -0.05) is 11.6 Å². The molecule has 0 fully saturated rings. The number of phenols is 6. The van der Waals surface area contributed by atoms with Crippen LogP contribution in [0.1, 0.15) is 44.9 Å². The van der Waals surface area contributed by atoms with Crippen molar-refractivity contribution in [1.29, 1.82) is 0 Å². The number of rotatable bonds is 5. The van der Waals surface area contributed by atoms with E-state index in [1.54, 1.807) is 6.08 Å². The molecular weight excluding hydrogens is 640 g/mol. The second kappa shape index (κ2) is 10.7. The molecule has 13 heteroatoms. The lowest BCUT2D eigenvalue weighted by Crippen LogP contribution is -2.43. The Morgan fingerprint density at radius 3 is 2.02 bits per heavy atom. The fourth-order valence-electron chi connectivity index (χ4n) is 6.21. The molecule has 7 rings (SSSR count). The minimum absolute atomic E-state index is 0.0278. The predicted molar refractivity (Wildman–Crippen MR) is 177 cm³/mol. The lowest BCUT2D eigenvalue weighted by atomic mass is 9.93. The number of hydrogen-bond acceptors (Lipinski definition) is 13. The molecule has 2 atom stereocenters. The molecule has 0 saturated heterocycles. The van der Waals surface area contributed by atoms with Gasteiger partial charge in [-0.05, 0) is 58.4 Å². The molecule has 1 aliphatic heterocycles. The van der Waals surface area contributed by atoms with Gasteiger partial charge in [0.2, 0.25) is 22.4 Å². The van der Waals surface area contributed by atoms with E-state index in [1.165, 1.54) is 32.0 Å². The smallest absolute Gasteiger partial charge is 0.204 e. The van der Waals surface area contributed by atoms with Gasteiger partial charge in [0.25, 0.3) is 0 Å². The fraction of sp³-hybridized carbons (Fsp3) is 0.222. The molecule has 0 aliphatic carbocycles. The van der Waals surface area contributed by atoms with Gasteiger partial charge in [-0.15, -0.1) is 0 Å². The van der Waals surface area contributed by atoms with Gasteiger partial charge in [0.05, 0.1) is 21.9 Å². The van der Waals surface area contributed by atoms with E-state index in [-0.39, 0.29) is 78.7 Å². The van der Waals surface area contributed by atoms with Crippen molar-refractivity contribution in [2.24, 2.45) is 0 Å². The summed E-state index contributed by atoms with van der Waals surface area (Å²) < 4.78 is 24.3. The molecule has 2 aromatic heterocycles. The lowest BCUT2D eigenvalue weighted by molar-refractivity contribution is -0.0693. The van der Waals surface area contributed by atoms with Gasteiger partial charge in [0, 0.05) is 17.7 Å². The van der Waals surface area contributed by atoms with E-state index in [9.17, 15) is 45.3 Å². The molecule has 0 bridgehead atoms. The summed E-state index contributed by atoms with van der Waals surface area (Å²) in [6.07, 6.45) is -0.661. The van der Waals surface area contributed by atoms with Gasteiger partial charge >= 0.3 is 0 Å². The Kier molecular flexibility index (Phi) is 6.89. The first kappa shape index (κ1) is 31.5. The Balaban J connectivity index is 1.47. The number of fused-ring (bicyclic) bond motifs is 6. The molecule has 0 saturated carbocycles. The first-order chi connectivity index (χ1) is 23.1. The van der Waals surface area contributed by atoms with Crippen molar-refractivity contribution in [2.75, 3.05) is 0 Å². The van der Waals surface area contributed by atoms with Gasteiger partial charge in [-0.2, -0.15) is 0 Å². The molecule has 4 aromatic carbocycles. The number of aromatic hydroxyl groups is 6. The maximum Gasteiger partial charge on any atom is 0.204 e. The number of hydrogen-bond donors (Lipinski definition) is 7. The van der Waals surface area contributed by atoms with Crippen molar-refractivity contribution in [3.05, 3.63) is 79.6 Å². The van der Waals surface area contributed by atoms with Crippen LogP contribution in [0.4, 0.5) is 0 Å². The zero-order chi connectivity index (χ0) is 35.3. The number of allylic oxidation sites excluding steroid dienone is 2. The molecule has 49 heavy (non-hydrogen) atoms. The summed E-state index contributed by atoms with van der Waals surface area (Å²) in [5.41, 5.74) is -3.07. The summed E-state index contributed by atoms with van der Waals surface area (Å²) in [4.78, 5) is 27.2. The first-order valence-corrected chi connectivity index (χ1v) is 15.1. The second-order valence-corrected chi connectivity index (χ2v) is 12.8. The summed E-state index contributed by atoms with van der Waals surface area (Å²) in [7, 11) is 0. The van der Waals surface area contributed by atoms with E-state index in [2.05, 4.69) is 0 Å². The van der Waals surface area contributed by atoms with Crippen LogP contribution in [-0.2, 0) is 6.42 Å². The predicted octanol–water partition coefficient (Wildman–Crippen LogP) is 5.60. The van der Waals surface area contributed by atoms with Crippen LogP contribution in [-0.4, -0.2) is 47.5 Å². The Hall–Kier alpha value is -6.08. The fourth-order valence-corrected chi connectivity index (χ4v) is 6.21. The highest BCUT2D eigenvalue weighted by Crippen LogP contribution is 2.51. The summed E-state index contributed by atoms with van der Waals surface area (Å²) in [5, 5.41) is 74.7. The minimum Gasteiger partial charge on any atom is -0.507 e. The van der Waals surface area contributed by atoms with Crippen LogP contribution in [0.5, 0.6) is 46.0 Å². The number of benzene rings is 4. The Bertz CT molecular complexity index is 2550. The molecule has 0 unspecified atom stereocenters. The molecule has 0 spiro atoms. The average molecular weight is 671 g/mol. The highest BCUT2D eigenvalue weighted by molar-refractivity contribution is 5.99. The second-order valence-electron chi connectivity index (χ2n) is 12.8. The van der Waals surface area contributed by atoms with Crippen LogP contribution in [0.15, 0.2) is 66.5 Å². The molecule has 13 nitrogen and oxygen atoms in total. The third-order valence-electron chi connectivity index (χ3n) is 8.64. The number of ether oxygens (including phenoxy) is 2. The van der Waals surface area contributed by atoms with E-state index in [0.29, 0.717) is 0 Å². The van der Waals surface area contributed by atoms with Gasteiger partial charge < -0.3 is 54.1 Å². The van der Waals surface area contributed by atoms with Crippen molar-refractivity contribution < 1.29 is 54.1 Å². The Morgan fingerprint density at radius 2 is 1.37 bits per heavy atom. The lowest BCUT2D eigenvalue weighted by Gasteiger charge is -2.30. The minimum atomic E-state index is -1.65. The summed E-state index contributed by atoms with van der Waals surface area (Å²) in [5.74, 6) is -3.60. The molecule has 0 amide bonds. The molecule has 6 aromatic rings. The highest BCUT2D eigenvalue weighted by atomic mass is 16.6. The molecular formula is C36H30O13. The van der Waals surface area contributed by atoms with Crippen LogP contribution in [0.2, 0.25) is 0 Å². The SMILES string of the molecule is CC(C)=CCc1c(O)cc(O)c2c(=O)c3ccc(O[C@H]4c5c(cc(O)c6c(=O)c7ccc(O)c(O)c7oc56)O[C@@H]4C(C)(C)O)c(O)c3oc12. The van der Waals surface area contributed by atoms with Crippen LogP contribution < -0.4 is 20.3 Å². The third-order valence-corrected chi connectivity index (χ3v) is 8.64. The van der Waals surface area contributed by atoms with Crippen molar-refractivity contribution in [3.63, 3.8) is 0 Å². The Morgan fingerprint density at radius 1 is 0.776 bits per heavy atom. The van der Waals surface area contributed by atoms with Crippen molar-refractivity contribution >= 4 is 43.9 Å². The van der Waals surface area contributed by atoms with Crippen molar-refractivity contribution in [3.8, 4) is 46.0 Å². The summed E-state index contributed by atoms with van der Waals surface area (Å²) in [6.45, 7) is 6.54. The standard InChI is InChI=1S/C36H30O13/c1-13(2)5-6-14-18(38)11-19(39)23-26(41)16-8-10-21(29(44)32(16)48-30(14)23)46-34-25-22(47-35(34)36(3,4)45)12-20(40)24-27(42)15-7-9-17(37)28(43)31(15)49-33(24)25/h5,7-12,34-35,37-40,43-45H,6H2,1-4H3/t34-,35-/m0/s1. The van der Waals surface area contributed by atoms with E-state index in [4.69, 9.17) is 18.3 Å². The van der Waals surface area contributed by atoms with Gasteiger partial charge in [-0.25, -0.2) is 0 Å². The van der Waals surface area contributed by atoms with Crippen LogP contribution in [0, 0.1) is 0 Å². The maximum absolute atomic E-state index is 13.6. The normalized spacial score (nSPS) is 15.9. The highest BCUT2D eigenvalue weighted by Gasteiger charge is 2.48. The zero-order valence-corrected chi connectivity index (χ0v) is 26.5. The monoisotopic (exact) mass is 670 g/mol. The summed E-state index contributed by atoms with van der Waals surface area (Å²) in [6, 6.07) is 7.09. The van der Waals surface area contributed by atoms with Crippen LogP contribution >= 0.6 is 0 Å². The van der Waals surface area contributed by atoms with E-state index in [0.717, 1.165) is 23.8 Å². The zero-order valence-electron chi connectivity index (χ0n) is 26.5.